The standard InChI is InChI=1S/C7H6BrClN2O/c8-5-1-2-6(10-4-5)11-7(12)3-9/h1-2,4H,3H2,(H,10,11,12). The van der Waals surface area contributed by atoms with E-state index in [4.69, 9.17) is 11.6 Å². The summed E-state index contributed by atoms with van der Waals surface area (Å²) >= 11 is 8.51. The van der Waals surface area contributed by atoms with Crippen molar-refractivity contribution < 1.29 is 4.79 Å². The van der Waals surface area contributed by atoms with Crippen molar-refractivity contribution in [2.24, 2.45) is 0 Å². The average Bonchev–Trinajstić information content (AvgIpc) is 2.09. The summed E-state index contributed by atoms with van der Waals surface area (Å²) in [4.78, 5) is 14.7. The number of rotatable bonds is 2. The molecule has 1 N–H and O–H groups in total. The Hall–Kier alpha value is -0.610. The second kappa shape index (κ2) is 4.42. The minimum absolute atomic E-state index is 0.0578. The van der Waals surface area contributed by atoms with Gasteiger partial charge in [-0.1, -0.05) is 0 Å². The fraction of sp³-hybridized carbons (Fsp3) is 0.143. The van der Waals surface area contributed by atoms with Crippen molar-refractivity contribution in [3.8, 4) is 0 Å². The fourth-order valence-corrected chi connectivity index (χ4v) is 0.927. The summed E-state index contributed by atoms with van der Waals surface area (Å²) in [5.74, 6) is 0.188. The van der Waals surface area contributed by atoms with Crippen molar-refractivity contribution in [1.29, 1.82) is 0 Å². The Morgan fingerprint density at radius 3 is 2.92 bits per heavy atom. The van der Waals surface area contributed by atoms with Crippen LogP contribution in [0, 0.1) is 0 Å². The van der Waals surface area contributed by atoms with Crippen LogP contribution in [0.2, 0.25) is 0 Å². The summed E-state index contributed by atoms with van der Waals surface area (Å²) in [7, 11) is 0. The van der Waals surface area contributed by atoms with Crippen LogP contribution in [-0.2, 0) is 4.79 Å². The maximum absolute atomic E-state index is 10.8. The van der Waals surface area contributed by atoms with Gasteiger partial charge in [0, 0.05) is 10.7 Å². The van der Waals surface area contributed by atoms with E-state index in [0.717, 1.165) is 4.47 Å². The predicted molar refractivity (Wildman–Crippen MR) is 51.3 cm³/mol. The third-order valence-corrected chi connectivity index (χ3v) is 1.83. The number of nitrogens with zero attached hydrogens (tertiary/aromatic N) is 1. The molecule has 0 radical (unpaired) electrons. The molecule has 1 heterocycles. The molecule has 1 aromatic rings. The van der Waals surface area contributed by atoms with Gasteiger partial charge in [-0.2, -0.15) is 0 Å². The van der Waals surface area contributed by atoms with Crippen LogP contribution in [0.4, 0.5) is 5.82 Å². The van der Waals surface area contributed by atoms with Crippen LogP contribution >= 0.6 is 27.5 Å². The number of aromatic nitrogens is 1. The monoisotopic (exact) mass is 248 g/mol. The first kappa shape index (κ1) is 9.48. The lowest BCUT2D eigenvalue weighted by molar-refractivity contribution is -0.113. The first-order valence-electron chi connectivity index (χ1n) is 3.20. The molecular weight excluding hydrogens is 243 g/mol. The van der Waals surface area contributed by atoms with Crippen LogP contribution in [-0.4, -0.2) is 16.8 Å². The van der Waals surface area contributed by atoms with Crippen molar-refractivity contribution in [2.75, 3.05) is 11.2 Å². The lowest BCUT2D eigenvalue weighted by Gasteiger charge is -2.00. The number of carbonyl (C=O) groups is 1. The van der Waals surface area contributed by atoms with Crippen LogP contribution < -0.4 is 5.32 Å². The largest absolute Gasteiger partial charge is 0.310 e. The lowest BCUT2D eigenvalue weighted by atomic mass is 10.4. The predicted octanol–water partition coefficient (Wildman–Crippen LogP) is 2.02. The molecule has 0 aliphatic heterocycles. The lowest BCUT2D eigenvalue weighted by Crippen LogP contribution is -2.13. The highest BCUT2D eigenvalue weighted by Crippen LogP contribution is 2.10. The molecule has 0 fully saturated rings. The van der Waals surface area contributed by atoms with Gasteiger partial charge in [0.25, 0.3) is 0 Å². The molecule has 0 aliphatic carbocycles. The van der Waals surface area contributed by atoms with Gasteiger partial charge in [0.2, 0.25) is 5.91 Å². The molecule has 5 heteroatoms. The first-order chi connectivity index (χ1) is 5.72. The van der Waals surface area contributed by atoms with E-state index in [1.807, 2.05) is 0 Å². The number of pyridine rings is 1. The number of amides is 1. The van der Waals surface area contributed by atoms with E-state index < -0.39 is 0 Å². The van der Waals surface area contributed by atoms with Crippen LogP contribution in [0.1, 0.15) is 0 Å². The van der Waals surface area contributed by atoms with Gasteiger partial charge in [-0.25, -0.2) is 4.98 Å². The Morgan fingerprint density at radius 1 is 1.67 bits per heavy atom. The number of anilines is 1. The minimum Gasteiger partial charge on any atom is -0.310 e. The van der Waals surface area contributed by atoms with Crippen LogP contribution in [0.15, 0.2) is 22.8 Å². The van der Waals surface area contributed by atoms with Gasteiger partial charge in [0.1, 0.15) is 11.7 Å². The third-order valence-electron chi connectivity index (χ3n) is 1.12. The normalized spacial score (nSPS) is 9.50. The van der Waals surface area contributed by atoms with E-state index in [1.54, 1.807) is 18.3 Å². The Bertz CT molecular complexity index is 275. The molecule has 64 valence electrons. The van der Waals surface area contributed by atoms with Gasteiger partial charge in [0.15, 0.2) is 0 Å². The van der Waals surface area contributed by atoms with Gasteiger partial charge in [-0.05, 0) is 28.1 Å². The Kier molecular flexibility index (Phi) is 3.49. The van der Waals surface area contributed by atoms with Gasteiger partial charge in [-0.15, -0.1) is 11.6 Å². The maximum atomic E-state index is 10.8. The second-order valence-electron chi connectivity index (χ2n) is 2.04. The first-order valence-corrected chi connectivity index (χ1v) is 4.52. The zero-order chi connectivity index (χ0) is 8.97. The van der Waals surface area contributed by atoms with Crippen LogP contribution in [0.3, 0.4) is 0 Å². The van der Waals surface area contributed by atoms with E-state index in [2.05, 4.69) is 26.2 Å². The van der Waals surface area contributed by atoms with E-state index in [0.29, 0.717) is 5.82 Å². The Balaban J connectivity index is 2.64. The molecule has 0 bridgehead atoms. The van der Waals surface area contributed by atoms with Gasteiger partial charge < -0.3 is 5.32 Å². The number of halogens is 2. The topological polar surface area (TPSA) is 42.0 Å². The molecule has 3 nitrogen and oxygen atoms in total. The van der Waals surface area contributed by atoms with Crippen LogP contribution in [0.25, 0.3) is 0 Å². The molecule has 0 spiro atoms. The molecule has 0 unspecified atom stereocenters. The molecule has 1 aromatic heterocycles. The molecule has 0 aliphatic rings. The summed E-state index contributed by atoms with van der Waals surface area (Å²) in [6, 6.07) is 3.48. The van der Waals surface area contributed by atoms with Crippen molar-refractivity contribution in [2.45, 2.75) is 0 Å². The fourth-order valence-electron chi connectivity index (χ4n) is 0.626. The zero-order valence-electron chi connectivity index (χ0n) is 6.05. The van der Waals surface area contributed by atoms with E-state index >= 15 is 0 Å². The molecule has 12 heavy (non-hydrogen) atoms. The van der Waals surface area contributed by atoms with Crippen molar-refractivity contribution in [3.63, 3.8) is 0 Å². The van der Waals surface area contributed by atoms with Gasteiger partial charge in [0.05, 0.1) is 0 Å². The number of nitrogens with one attached hydrogen (secondary N) is 1. The minimum atomic E-state index is -0.258. The van der Waals surface area contributed by atoms with E-state index in [9.17, 15) is 4.79 Å². The molecule has 1 rings (SSSR count). The highest BCUT2D eigenvalue weighted by molar-refractivity contribution is 9.10. The smallest absolute Gasteiger partial charge is 0.240 e. The summed E-state index contributed by atoms with van der Waals surface area (Å²) in [6.07, 6.45) is 1.60. The number of alkyl halides is 1. The summed E-state index contributed by atoms with van der Waals surface area (Å²) < 4.78 is 0.867. The Morgan fingerprint density at radius 2 is 2.42 bits per heavy atom. The zero-order valence-corrected chi connectivity index (χ0v) is 8.39. The number of carbonyl (C=O) groups excluding carboxylic acids is 1. The third kappa shape index (κ3) is 2.79. The highest BCUT2D eigenvalue weighted by Gasteiger charge is 1.99. The number of hydrogen-bond donors (Lipinski definition) is 1. The van der Waals surface area contributed by atoms with Crippen molar-refractivity contribution in [3.05, 3.63) is 22.8 Å². The molecule has 0 atom stereocenters. The molecular formula is C7H6BrClN2O. The molecule has 1 amide bonds. The van der Waals surface area contributed by atoms with Crippen molar-refractivity contribution >= 4 is 39.3 Å². The Labute approximate surface area is 83.3 Å². The second-order valence-corrected chi connectivity index (χ2v) is 3.23. The summed E-state index contributed by atoms with van der Waals surface area (Å²) in [6.45, 7) is 0. The maximum Gasteiger partial charge on any atom is 0.240 e. The number of hydrogen-bond acceptors (Lipinski definition) is 2. The summed E-state index contributed by atoms with van der Waals surface area (Å²) in [5.41, 5.74) is 0. The quantitative estimate of drug-likeness (QED) is 0.815. The average molecular weight is 249 g/mol. The van der Waals surface area contributed by atoms with Gasteiger partial charge >= 0.3 is 0 Å². The van der Waals surface area contributed by atoms with E-state index in [-0.39, 0.29) is 11.8 Å². The molecule has 0 aromatic carbocycles. The van der Waals surface area contributed by atoms with Crippen LogP contribution in [0.5, 0.6) is 0 Å². The molecule has 0 saturated heterocycles. The van der Waals surface area contributed by atoms with Gasteiger partial charge in [-0.3, -0.25) is 4.79 Å². The SMILES string of the molecule is O=C(CCl)Nc1ccc(Br)cn1. The molecule has 0 saturated carbocycles. The van der Waals surface area contributed by atoms with Crippen molar-refractivity contribution in [1.82, 2.24) is 4.98 Å². The highest BCUT2D eigenvalue weighted by atomic mass is 79.9. The van der Waals surface area contributed by atoms with E-state index in [1.165, 1.54) is 0 Å². The summed E-state index contributed by atoms with van der Waals surface area (Å²) in [5, 5.41) is 2.52.